The Morgan fingerprint density at radius 1 is 1.38 bits per heavy atom. The first-order chi connectivity index (χ1) is 9.80. The number of nitro groups is 1. The van der Waals surface area contributed by atoms with Crippen LogP contribution >= 0.6 is 0 Å². The molecule has 0 amide bonds. The molecule has 0 saturated heterocycles. The van der Waals surface area contributed by atoms with E-state index >= 15 is 0 Å². The highest BCUT2D eigenvalue weighted by molar-refractivity contribution is 7.90. The van der Waals surface area contributed by atoms with E-state index in [0.29, 0.717) is 18.4 Å². The van der Waals surface area contributed by atoms with Gasteiger partial charge in [0.05, 0.1) is 4.92 Å². The average molecular weight is 312 g/mol. The molecule has 1 aliphatic rings. The zero-order chi connectivity index (χ0) is 15.6. The van der Waals surface area contributed by atoms with Crippen LogP contribution in [0.2, 0.25) is 0 Å². The molecular weight excluding hydrogens is 292 g/mol. The quantitative estimate of drug-likeness (QED) is 0.667. The first-order valence-corrected chi connectivity index (χ1v) is 8.91. The Kier molecular flexibility index (Phi) is 4.51. The van der Waals surface area contributed by atoms with Crippen molar-refractivity contribution in [1.82, 2.24) is 0 Å². The summed E-state index contributed by atoms with van der Waals surface area (Å²) in [4.78, 5) is 10.4. The van der Waals surface area contributed by atoms with Gasteiger partial charge in [-0.15, -0.1) is 0 Å². The molecule has 116 valence electrons. The number of hydrogen-bond donors (Lipinski definition) is 1. The van der Waals surface area contributed by atoms with Gasteiger partial charge in [-0.05, 0) is 30.4 Å². The van der Waals surface area contributed by atoms with Crippen LogP contribution in [0.4, 0.5) is 11.4 Å². The molecule has 6 nitrogen and oxygen atoms in total. The second-order valence-electron chi connectivity index (χ2n) is 5.73. The summed E-state index contributed by atoms with van der Waals surface area (Å²) in [5, 5.41) is 14.3. The first-order valence-electron chi connectivity index (χ1n) is 7.02. The van der Waals surface area contributed by atoms with Crippen LogP contribution in [0, 0.1) is 22.0 Å². The fourth-order valence-electron chi connectivity index (χ4n) is 2.92. The van der Waals surface area contributed by atoms with Crippen LogP contribution in [0.3, 0.4) is 0 Å². The number of nitro benzene ring substituents is 1. The van der Waals surface area contributed by atoms with Crippen molar-refractivity contribution in [3.63, 3.8) is 0 Å². The predicted molar refractivity (Wildman–Crippen MR) is 81.2 cm³/mol. The van der Waals surface area contributed by atoms with Gasteiger partial charge in [0, 0.05) is 12.8 Å². The topological polar surface area (TPSA) is 89.3 Å². The molecule has 0 heterocycles. The Labute approximate surface area is 124 Å². The number of anilines is 1. The molecule has 0 radical (unpaired) electrons. The number of nitrogens with zero attached hydrogens (tertiary/aromatic N) is 1. The van der Waals surface area contributed by atoms with Gasteiger partial charge in [0.25, 0.3) is 0 Å². The van der Waals surface area contributed by atoms with Crippen molar-refractivity contribution in [1.29, 1.82) is 0 Å². The summed E-state index contributed by atoms with van der Waals surface area (Å²) in [7, 11) is -3.63. The summed E-state index contributed by atoms with van der Waals surface area (Å²) in [6.07, 6.45) is 4.45. The highest BCUT2D eigenvalue weighted by Gasteiger charge is 2.28. The Morgan fingerprint density at radius 3 is 2.62 bits per heavy atom. The highest BCUT2D eigenvalue weighted by atomic mass is 32.2. The number of nitrogens with one attached hydrogen (secondary N) is 1. The molecule has 7 heteroatoms. The molecule has 0 spiro atoms. The summed E-state index contributed by atoms with van der Waals surface area (Å²) in [5.41, 5.74) is -0.0762. The second-order valence-corrected chi connectivity index (χ2v) is 7.71. The van der Waals surface area contributed by atoms with E-state index in [0.717, 1.165) is 12.7 Å². The molecule has 2 atom stereocenters. The molecule has 2 unspecified atom stereocenters. The van der Waals surface area contributed by atoms with Gasteiger partial charge in [-0.25, -0.2) is 8.42 Å². The van der Waals surface area contributed by atoms with Crippen LogP contribution in [0.5, 0.6) is 0 Å². The smallest absolute Gasteiger partial charge is 0.310 e. The van der Waals surface area contributed by atoms with Crippen molar-refractivity contribution in [3.8, 4) is 0 Å². The van der Waals surface area contributed by atoms with Crippen molar-refractivity contribution in [2.45, 2.75) is 31.1 Å². The van der Waals surface area contributed by atoms with Gasteiger partial charge in [-0.3, -0.25) is 10.1 Å². The SMILES string of the molecule is CC1CCCC1CNc1cccc(S(C)(=O)=O)c1[N+](=O)[O-]. The van der Waals surface area contributed by atoms with Crippen molar-refractivity contribution in [2.75, 3.05) is 18.1 Å². The lowest BCUT2D eigenvalue weighted by molar-refractivity contribution is -0.386. The van der Waals surface area contributed by atoms with E-state index in [-0.39, 0.29) is 16.3 Å². The Morgan fingerprint density at radius 2 is 2.10 bits per heavy atom. The van der Waals surface area contributed by atoms with Gasteiger partial charge in [0.2, 0.25) is 0 Å². The Hall–Kier alpha value is -1.63. The summed E-state index contributed by atoms with van der Waals surface area (Å²) in [6, 6.07) is 4.37. The molecule has 0 aliphatic heterocycles. The molecule has 2 rings (SSSR count). The number of benzene rings is 1. The van der Waals surface area contributed by atoms with Gasteiger partial charge in [0.15, 0.2) is 9.84 Å². The van der Waals surface area contributed by atoms with Crippen LogP contribution in [-0.2, 0) is 9.84 Å². The van der Waals surface area contributed by atoms with E-state index in [2.05, 4.69) is 12.2 Å². The van der Waals surface area contributed by atoms with E-state index in [1.807, 2.05) is 0 Å². The molecule has 1 saturated carbocycles. The number of sulfone groups is 1. The van der Waals surface area contributed by atoms with Crippen LogP contribution < -0.4 is 5.32 Å². The molecule has 1 aliphatic carbocycles. The third-order valence-electron chi connectivity index (χ3n) is 4.17. The van der Waals surface area contributed by atoms with Crippen molar-refractivity contribution in [3.05, 3.63) is 28.3 Å². The number of hydrogen-bond acceptors (Lipinski definition) is 5. The minimum Gasteiger partial charge on any atom is -0.379 e. The van der Waals surface area contributed by atoms with Gasteiger partial charge < -0.3 is 5.32 Å². The predicted octanol–water partition coefficient (Wildman–Crippen LogP) is 2.85. The average Bonchev–Trinajstić information content (AvgIpc) is 2.80. The molecule has 1 aromatic rings. The lowest BCUT2D eigenvalue weighted by Gasteiger charge is -2.17. The molecule has 21 heavy (non-hydrogen) atoms. The zero-order valence-corrected chi connectivity index (χ0v) is 13.0. The molecular formula is C14H20N2O4S. The maximum Gasteiger partial charge on any atom is 0.310 e. The van der Waals surface area contributed by atoms with Crippen LogP contribution in [0.25, 0.3) is 0 Å². The fourth-order valence-corrected chi connectivity index (χ4v) is 3.78. The summed E-state index contributed by atoms with van der Waals surface area (Å²) in [6.45, 7) is 2.82. The summed E-state index contributed by atoms with van der Waals surface area (Å²) in [5.74, 6) is 1.07. The Bertz CT molecular complexity index is 642. The fraction of sp³-hybridized carbons (Fsp3) is 0.571. The van der Waals surface area contributed by atoms with Gasteiger partial charge in [-0.1, -0.05) is 25.8 Å². The largest absolute Gasteiger partial charge is 0.379 e. The third kappa shape index (κ3) is 3.53. The summed E-state index contributed by atoms with van der Waals surface area (Å²) < 4.78 is 23.4. The van der Waals surface area contributed by atoms with Gasteiger partial charge in [0.1, 0.15) is 10.6 Å². The van der Waals surface area contributed by atoms with E-state index < -0.39 is 14.8 Å². The monoisotopic (exact) mass is 312 g/mol. The zero-order valence-electron chi connectivity index (χ0n) is 12.2. The van der Waals surface area contributed by atoms with Crippen LogP contribution in [0.15, 0.2) is 23.1 Å². The lowest BCUT2D eigenvalue weighted by Crippen LogP contribution is -2.17. The Balaban J connectivity index is 2.29. The highest BCUT2D eigenvalue weighted by Crippen LogP contribution is 2.34. The minimum atomic E-state index is -3.63. The standard InChI is InChI=1S/C14H20N2O4S/c1-10-5-3-6-11(10)9-15-12-7-4-8-13(21(2,19)20)14(12)16(17)18/h4,7-8,10-11,15H,3,5-6,9H2,1-2H3. The maximum atomic E-state index is 11.7. The molecule has 0 bridgehead atoms. The minimum absolute atomic E-state index is 0.239. The number of rotatable bonds is 5. The third-order valence-corrected chi connectivity index (χ3v) is 5.30. The molecule has 0 aromatic heterocycles. The van der Waals surface area contributed by atoms with Crippen molar-refractivity contribution < 1.29 is 13.3 Å². The van der Waals surface area contributed by atoms with Gasteiger partial charge >= 0.3 is 5.69 Å². The number of para-hydroxylation sites is 1. The summed E-state index contributed by atoms with van der Waals surface area (Å²) >= 11 is 0. The van der Waals surface area contributed by atoms with E-state index in [1.165, 1.54) is 25.0 Å². The second kappa shape index (κ2) is 6.01. The molecule has 1 fully saturated rings. The van der Waals surface area contributed by atoms with Crippen molar-refractivity contribution >= 4 is 21.2 Å². The van der Waals surface area contributed by atoms with Crippen LogP contribution in [0.1, 0.15) is 26.2 Å². The molecule has 1 aromatic carbocycles. The lowest BCUT2D eigenvalue weighted by atomic mass is 9.98. The van der Waals surface area contributed by atoms with E-state index in [4.69, 9.17) is 0 Å². The van der Waals surface area contributed by atoms with Crippen LogP contribution in [-0.4, -0.2) is 26.1 Å². The van der Waals surface area contributed by atoms with Gasteiger partial charge in [-0.2, -0.15) is 0 Å². The maximum absolute atomic E-state index is 11.7. The van der Waals surface area contributed by atoms with E-state index in [1.54, 1.807) is 6.07 Å². The normalized spacial score (nSPS) is 22.2. The molecule has 1 N–H and O–H groups in total. The van der Waals surface area contributed by atoms with Crippen molar-refractivity contribution in [2.24, 2.45) is 11.8 Å². The van der Waals surface area contributed by atoms with E-state index in [9.17, 15) is 18.5 Å². The first kappa shape index (κ1) is 15.8.